The first-order chi connectivity index (χ1) is 7.96. The molecule has 0 aliphatic heterocycles. The predicted molar refractivity (Wildman–Crippen MR) is 63.4 cm³/mol. The molecular weight excluding hydrogens is 262 g/mol. The zero-order valence-corrected chi connectivity index (χ0v) is 10.7. The van der Waals surface area contributed by atoms with E-state index in [1.165, 1.54) is 6.07 Å². The van der Waals surface area contributed by atoms with Gasteiger partial charge in [0, 0.05) is 6.54 Å². The molecule has 0 bridgehead atoms. The summed E-state index contributed by atoms with van der Waals surface area (Å²) >= 11 is 1.12. The van der Waals surface area contributed by atoms with Crippen LogP contribution in [0.4, 0.5) is 0 Å². The van der Waals surface area contributed by atoms with E-state index in [9.17, 15) is 13.2 Å². The standard InChI is InChI=1S/C10H13NO4S2/c12-9(13)10(4-2-5-10)7-11-17(14,15)8-3-1-6-16-8/h1,3,6,11H,2,4-5,7H2,(H,12,13). The van der Waals surface area contributed by atoms with E-state index in [-0.39, 0.29) is 10.8 Å². The van der Waals surface area contributed by atoms with Crippen LogP contribution in [0.5, 0.6) is 0 Å². The minimum absolute atomic E-state index is 0.0252. The van der Waals surface area contributed by atoms with Gasteiger partial charge in [-0.15, -0.1) is 11.3 Å². The fourth-order valence-electron chi connectivity index (χ4n) is 1.79. The van der Waals surface area contributed by atoms with E-state index >= 15 is 0 Å². The Bertz CT molecular complexity index is 502. The summed E-state index contributed by atoms with van der Waals surface area (Å²) in [6.45, 7) is -0.0252. The summed E-state index contributed by atoms with van der Waals surface area (Å²) < 4.78 is 26.2. The van der Waals surface area contributed by atoms with Crippen LogP contribution in [0.1, 0.15) is 19.3 Å². The second kappa shape index (κ2) is 4.40. The smallest absolute Gasteiger partial charge is 0.310 e. The molecule has 0 aromatic carbocycles. The highest BCUT2D eigenvalue weighted by Gasteiger charge is 2.45. The fourth-order valence-corrected chi connectivity index (χ4v) is 3.96. The lowest BCUT2D eigenvalue weighted by atomic mass is 9.69. The van der Waals surface area contributed by atoms with Gasteiger partial charge in [0.25, 0.3) is 0 Å². The Kier molecular flexibility index (Phi) is 3.24. The lowest BCUT2D eigenvalue weighted by Gasteiger charge is -2.37. The first-order valence-corrected chi connectivity index (χ1v) is 7.59. The van der Waals surface area contributed by atoms with Crippen molar-refractivity contribution in [1.29, 1.82) is 0 Å². The molecule has 0 atom stereocenters. The molecule has 0 amide bonds. The third kappa shape index (κ3) is 2.36. The van der Waals surface area contributed by atoms with Crippen LogP contribution in [0.25, 0.3) is 0 Å². The molecule has 1 saturated carbocycles. The van der Waals surface area contributed by atoms with Crippen molar-refractivity contribution in [2.45, 2.75) is 23.5 Å². The van der Waals surface area contributed by atoms with Gasteiger partial charge in [0.05, 0.1) is 5.41 Å². The van der Waals surface area contributed by atoms with Gasteiger partial charge in [0.15, 0.2) is 0 Å². The number of carbonyl (C=O) groups is 1. The largest absolute Gasteiger partial charge is 0.481 e. The number of hydrogen-bond donors (Lipinski definition) is 2. The van der Waals surface area contributed by atoms with Crippen molar-refractivity contribution < 1.29 is 18.3 Å². The van der Waals surface area contributed by atoms with Gasteiger partial charge in [0.1, 0.15) is 4.21 Å². The topological polar surface area (TPSA) is 83.5 Å². The molecular formula is C10H13NO4S2. The molecule has 1 heterocycles. The predicted octanol–water partition coefficient (Wildman–Crippen LogP) is 1.28. The van der Waals surface area contributed by atoms with Crippen LogP contribution in [-0.2, 0) is 14.8 Å². The minimum Gasteiger partial charge on any atom is -0.481 e. The van der Waals surface area contributed by atoms with Gasteiger partial charge in [-0.2, -0.15) is 0 Å². The molecule has 1 aromatic rings. The number of sulfonamides is 1. The molecule has 0 radical (unpaired) electrons. The summed E-state index contributed by atoms with van der Waals surface area (Å²) in [7, 11) is -3.55. The van der Waals surface area contributed by atoms with E-state index in [1.54, 1.807) is 11.4 Å². The summed E-state index contributed by atoms with van der Waals surface area (Å²) in [4.78, 5) is 11.1. The van der Waals surface area contributed by atoms with Crippen LogP contribution in [-0.4, -0.2) is 26.0 Å². The Morgan fingerprint density at radius 2 is 2.24 bits per heavy atom. The molecule has 2 rings (SSSR count). The van der Waals surface area contributed by atoms with Crippen molar-refractivity contribution in [2.75, 3.05) is 6.54 Å². The van der Waals surface area contributed by atoms with Gasteiger partial charge in [0.2, 0.25) is 10.0 Å². The van der Waals surface area contributed by atoms with Crippen molar-refractivity contribution in [2.24, 2.45) is 5.41 Å². The summed E-state index contributed by atoms with van der Waals surface area (Å²) in [5, 5.41) is 10.8. The normalized spacial score (nSPS) is 18.6. The van der Waals surface area contributed by atoms with E-state index < -0.39 is 21.4 Å². The van der Waals surface area contributed by atoms with Crippen molar-refractivity contribution in [1.82, 2.24) is 4.72 Å². The lowest BCUT2D eigenvalue weighted by molar-refractivity contribution is -0.153. The van der Waals surface area contributed by atoms with Crippen LogP contribution < -0.4 is 4.72 Å². The summed E-state index contributed by atoms with van der Waals surface area (Å²) in [5.41, 5.74) is -0.898. The van der Waals surface area contributed by atoms with Gasteiger partial charge in [-0.1, -0.05) is 12.5 Å². The average Bonchev–Trinajstić information content (AvgIpc) is 2.68. The molecule has 1 aliphatic carbocycles. The van der Waals surface area contributed by atoms with Gasteiger partial charge in [-0.25, -0.2) is 13.1 Å². The fraction of sp³-hybridized carbons (Fsp3) is 0.500. The maximum absolute atomic E-state index is 11.8. The number of aliphatic carboxylic acids is 1. The molecule has 5 nitrogen and oxygen atoms in total. The molecule has 94 valence electrons. The summed E-state index contributed by atoms with van der Waals surface area (Å²) in [6.07, 6.45) is 1.91. The number of rotatable bonds is 5. The minimum atomic E-state index is -3.55. The summed E-state index contributed by atoms with van der Waals surface area (Å²) in [5.74, 6) is -0.919. The maximum atomic E-state index is 11.8. The molecule has 17 heavy (non-hydrogen) atoms. The van der Waals surface area contributed by atoms with Crippen LogP contribution >= 0.6 is 11.3 Å². The van der Waals surface area contributed by atoms with E-state index in [4.69, 9.17) is 5.11 Å². The zero-order valence-electron chi connectivity index (χ0n) is 9.05. The maximum Gasteiger partial charge on any atom is 0.310 e. The van der Waals surface area contributed by atoms with E-state index in [0.717, 1.165) is 17.8 Å². The number of hydrogen-bond acceptors (Lipinski definition) is 4. The number of carboxylic acids is 1. The number of nitrogens with one attached hydrogen (secondary N) is 1. The van der Waals surface area contributed by atoms with Crippen LogP contribution in [0.2, 0.25) is 0 Å². The third-order valence-corrected chi connectivity index (χ3v) is 5.92. The Morgan fingerprint density at radius 1 is 1.53 bits per heavy atom. The molecule has 0 unspecified atom stereocenters. The molecule has 1 aromatic heterocycles. The second-order valence-corrected chi connectivity index (χ2v) is 7.14. The highest BCUT2D eigenvalue weighted by atomic mass is 32.2. The quantitative estimate of drug-likeness (QED) is 0.848. The third-order valence-electron chi connectivity index (χ3n) is 3.12. The van der Waals surface area contributed by atoms with Gasteiger partial charge >= 0.3 is 5.97 Å². The highest BCUT2D eigenvalue weighted by Crippen LogP contribution is 2.40. The first kappa shape index (κ1) is 12.5. The SMILES string of the molecule is O=C(O)C1(CNS(=O)(=O)c2cccs2)CCC1. The molecule has 7 heteroatoms. The van der Waals surface area contributed by atoms with Crippen LogP contribution in [0.3, 0.4) is 0 Å². The monoisotopic (exact) mass is 275 g/mol. The summed E-state index contributed by atoms with van der Waals surface area (Å²) in [6, 6.07) is 3.15. The Balaban J connectivity index is 2.06. The highest BCUT2D eigenvalue weighted by molar-refractivity contribution is 7.91. The molecule has 1 aliphatic rings. The second-order valence-electron chi connectivity index (χ2n) is 4.20. The van der Waals surface area contributed by atoms with Crippen LogP contribution in [0, 0.1) is 5.41 Å². The first-order valence-electron chi connectivity index (χ1n) is 5.23. The van der Waals surface area contributed by atoms with Crippen molar-refractivity contribution in [3.8, 4) is 0 Å². The van der Waals surface area contributed by atoms with Gasteiger partial charge in [-0.3, -0.25) is 4.79 Å². The number of carboxylic acid groups (broad SMARTS) is 1. The van der Waals surface area contributed by atoms with Crippen LogP contribution in [0.15, 0.2) is 21.7 Å². The van der Waals surface area contributed by atoms with Crippen molar-refractivity contribution in [3.63, 3.8) is 0 Å². The Hall–Kier alpha value is -0.920. The van der Waals surface area contributed by atoms with E-state index in [1.807, 2.05) is 0 Å². The van der Waals surface area contributed by atoms with Gasteiger partial charge in [-0.05, 0) is 24.3 Å². The molecule has 0 spiro atoms. The molecule has 0 saturated heterocycles. The molecule has 2 N–H and O–H groups in total. The lowest BCUT2D eigenvalue weighted by Crippen LogP contribution is -2.47. The molecule has 1 fully saturated rings. The number of thiophene rings is 1. The van der Waals surface area contributed by atoms with Gasteiger partial charge < -0.3 is 5.11 Å². The van der Waals surface area contributed by atoms with Crippen molar-refractivity contribution >= 4 is 27.3 Å². The Morgan fingerprint density at radius 3 is 2.65 bits per heavy atom. The average molecular weight is 275 g/mol. The van der Waals surface area contributed by atoms with E-state index in [2.05, 4.69) is 4.72 Å². The Labute approximate surface area is 104 Å². The van der Waals surface area contributed by atoms with E-state index in [0.29, 0.717) is 12.8 Å². The zero-order chi connectivity index (χ0) is 12.5. The van der Waals surface area contributed by atoms with Crippen molar-refractivity contribution in [3.05, 3.63) is 17.5 Å².